The Kier molecular flexibility index (Phi) is 6.40. The van der Waals surface area contributed by atoms with Crippen LogP contribution in [0, 0.1) is 0 Å². The maximum Gasteiger partial charge on any atom is 0.227 e. The van der Waals surface area contributed by atoms with Gasteiger partial charge in [-0.3, -0.25) is 9.69 Å². The van der Waals surface area contributed by atoms with Crippen molar-refractivity contribution in [2.24, 2.45) is 0 Å². The molecular weight excluding hydrogens is 360 g/mol. The van der Waals surface area contributed by atoms with Gasteiger partial charge in [-0.15, -0.1) is 12.4 Å². The quantitative estimate of drug-likeness (QED) is 0.803. The summed E-state index contributed by atoms with van der Waals surface area (Å²) >= 11 is 0. The van der Waals surface area contributed by atoms with E-state index in [0.717, 1.165) is 30.0 Å². The molecule has 27 heavy (non-hydrogen) atoms. The zero-order chi connectivity index (χ0) is 17.9. The molecule has 4 rings (SSSR count). The van der Waals surface area contributed by atoms with Crippen molar-refractivity contribution in [3.63, 3.8) is 0 Å². The van der Waals surface area contributed by atoms with Gasteiger partial charge in [0.1, 0.15) is 12.4 Å². The fourth-order valence-electron chi connectivity index (χ4n) is 4.23. The first-order chi connectivity index (χ1) is 12.7. The number of benzene rings is 2. The first-order valence-electron chi connectivity index (χ1n) is 9.49. The molecule has 0 aromatic heterocycles. The summed E-state index contributed by atoms with van der Waals surface area (Å²) in [6.07, 6.45) is 2.89. The lowest BCUT2D eigenvalue weighted by molar-refractivity contribution is -0.133. The molecule has 0 spiro atoms. The molecular formula is C22H27ClN2O2. The highest BCUT2D eigenvalue weighted by atomic mass is 35.5. The molecule has 1 amide bonds. The van der Waals surface area contributed by atoms with Crippen molar-refractivity contribution in [3.05, 3.63) is 65.7 Å². The predicted octanol–water partition coefficient (Wildman–Crippen LogP) is 3.71. The van der Waals surface area contributed by atoms with Gasteiger partial charge in [-0.1, -0.05) is 48.5 Å². The van der Waals surface area contributed by atoms with Gasteiger partial charge in [-0.05, 0) is 37.6 Å². The summed E-state index contributed by atoms with van der Waals surface area (Å²) in [5.74, 6) is 1.06. The van der Waals surface area contributed by atoms with Crippen LogP contribution in [0.2, 0.25) is 0 Å². The summed E-state index contributed by atoms with van der Waals surface area (Å²) in [5, 5.41) is 0. The van der Waals surface area contributed by atoms with Crippen LogP contribution in [0.3, 0.4) is 0 Å². The molecule has 0 bridgehead atoms. The number of ether oxygens (including phenoxy) is 1. The number of para-hydroxylation sites is 1. The highest BCUT2D eigenvalue weighted by molar-refractivity contribution is 5.85. The second-order valence-electron chi connectivity index (χ2n) is 7.27. The van der Waals surface area contributed by atoms with Crippen LogP contribution < -0.4 is 4.74 Å². The van der Waals surface area contributed by atoms with E-state index in [2.05, 4.69) is 11.0 Å². The minimum absolute atomic E-state index is 0. The van der Waals surface area contributed by atoms with E-state index in [9.17, 15) is 4.79 Å². The number of nitrogens with zero attached hydrogens (tertiary/aromatic N) is 2. The average Bonchev–Trinajstić information content (AvgIpc) is 3.22. The lowest BCUT2D eigenvalue weighted by Crippen LogP contribution is -2.51. The minimum Gasteiger partial charge on any atom is -0.491 e. The molecule has 2 aliphatic rings. The molecule has 0 saturated carbocycles. The van der Waals surface area contributed by atoms with E-state index in [1.54, 1.807) is 0 Å². The van der Waals surface area contributed by atoms with E-state index < -0.39 is 0 Å². The zero-order valence-electron chi connectivity index (χ0n) is 15.7. The van der Waals surface area contributed by atoms with E-state index in [-0.39, 0.29) is 30.4 Å². The van der Waals surface area contributed by atoms with Crippen molar-refractivity contribution >= 4 is 18.3 Å². The van der Waals surface area contributed by atoms with E-state index in [1.807, 2.05) is 60.5 Å². The minimum atomic E-state index is 0. The third-order valence-corrected chi connectivity index (χ3v) is 5.63. The van der Waals surface area contributed by atoms with Crippen LogP contribution in [0.25, 0.3) is 0 Å². The van der Waals surface area contributed by atoms with Gasteiger partial charge in [0, 0.05) is 12.6 Å². The highest BCUT2D eigenvalue weighted by Crippen LogP contribution is 2.38. The average molecular weight is 387 g/mol. The van der Waals surface area contributed by atoms with E-state index >= 15 is 0 Å². The molecule has 0 aliphatic carbocycles. The Bertz CT molecular complexity index is 762. The third kappa shape index (κ3) is 4.12. The Hall–Kier alpha value is -2.04. The summed E-state index contributed by atoms with van der Waals surface area (Å²) < 4.78 is 6.05. The van der Waals surface area contributed by atoms with Crippen LogP contribution in [0.1, 0.15) is 30.0 Å². The molecule has 2 aliphatic heterocycles. The Balaban J connectivity index is 0.00000210. The lowest BCUT2D eigenvalue weighted by Gasteiger charge is -2.43. The maximum absolute atomic E-state index is 13.0. The molecule has 2 atom stereocenters. The SMILES string of the molecule is CN(C(=O)Cc1ccccc1)[C@@H]1c2ccccc2OC[C@H]1N1CCCC1.Cl. The van der Waals surface area contributed by atoms with Gasteiger partial charge in [-0.25, -0.2) is 0 Å². The van der Waals surface area contributed by atoms with Crippen molar-refractivity contribution in [1.29, 1.82) is 0 Å². The lowest BCUT2D eigenvalue weighted by atomic mass is 9.93. The van der Waals surface area contributed by atoms with Crippen LogP contribution in [0.5, 0.6) is 5.75 Å². The van der Waals surface area contributed by atoms with Crippen molar-refractivity contribution in [3.8, 4) is 5.75 Å². The highest BCUT2D eigenvalue weighted by Gasteiger charge is 2.39. The zero-order valence-corrected chi connectivity index (χ0v) is 16.5. The normalized spacial score (nSPS) is 21.7. The van der Waals surface area contributed by atoms with Gasteiger partial charge in [0.25, 0.3) is 0 Å². The van der Waals surface area contributed by atoms with Crippen LogP contribution >= 0.6 is 12.4 Å². The van der Waals surface area contributed by atoms with Gasteiger partial charge < -0.3 is 9.64 Å². The number of hydrogen-bond acceptors (Lipinski definition) is 3. The fraction of sp³-hybridized carbons (Fsp3) is 0.409. The molecule has 0 N–H and O–H groups in total. The first kappa shape index (κ1) is 19.7. The van der Waals surface area contributed by atoms with Crippen LogP contribution in [0.15, 0.2) is 54.6 Å². The molecule has 2 aromatic rings. The smallest absolute Gasteiger partial charge is 0.227 e. The molecule has 5 heteroatoms. The second-order valence-corrected chi connectivity index (χ2v) is 7.27. The van der Waals surface area contributed by atoms with Crippen molar-refractivity contribution < 1.29 is 9.53 Å². The molecule has 2 aromatic carbocycles. The maximum atomic E-state index is 13.0. The van der Waals surface area contributed by atoms with E-state index in [4.69, 9.17) is 4.74 Å². The van der Waals surface area contributed by atoms with Crippen molar-refractivity contribution in [2.75, 3.05) is 26.7 Å². The van der Waals surface area contributed by atoms with Crippen LogP contribution in [-0.4, -0.2) is 48.5 Å². The summed E-state index contributed by atoms with van der Waals surface area (Å²) in [5.41, 5.74) is 2.18. The molecule has 0 unspecified atom stereocenters. The number of likely N-dealkylation sites (N-methyl/N-ethyl adjacent to an activating group) is 1. The Labute approximate surface area is 167 Å². The van der Waals surface area contributed by atoms with Gasteiger partial charge in [0.05, 0.1) is 18.5 Å². The van der Waals surface area contributed by atoms with Gasteiger partial charge in [0.15, 0.2) is 0 Å². The second kappa shape index (κ2) is 8.77. The Morgan fingerprint density at radius 2 is 1.74 bits per heavy atom. The molecule has 1 saturated heterocycles. The molecule has 2 heterocycles. The van der Waals surface area contributed by atoms with Crippen LogP contribution in [-0.2, 0) is 11.2 Å². The predicted molar refractivity (Wildman–Crippen MR) is 109 cm³/mol. The number of carbonyl (C=O) groups excluding carboxylic acids is 1. The summed E-state index contributed by atoms with van der Waals surface area (Å²) in [6, 6.07) is 18.4. The number of likely N-dealkylation sites (tertiary alicyclic amines) is 1. The van der Waals surface area contributed by atoms with Crippen LogP contribution in [0.4, 0.5) is 0 Å². The van der Waals surface area contributed by atoms with Crippen molar-refractivity contribution in [2.45, 2.75) is 31.3 Å². The Morgan fingerprint density at radius 3 is 2.48 bits per heavy atom. The fourth-order valence-corrected chi connectivity index (χ4v) is 4.23. The molecule has 4 nitrogen and oxygen atoms in total. The molecule has 1 fully saturated rings. The number of amides is 1. The van der Waals surface area contributed by atoms with Gasteiger partial charge in [-0.2, -0.15) is 0 Å². The van der Waals surface area contributed by atoms with Gasteiger partial charge >= 0.3 is 0 Å². The largest absolute Gasteiger partial charge is 0.491 e. The van der Waals surface area contributed by atoms with Crippen molar-refractivity contribution in [1.82, 2.24) is 9.80 Å². The summed E-state index contributed by atoms with van der Waals surface area (Å²) in [6.45, 7) is 2.82. The number of carbonyl (C=O) groups is 1. The summed E-state index contributed by atoms with van der Waals surface area (Å²) in [7, 11) is 1.95. The number of hydrogen-bond donors (Lipinski definition) is 0. The van der Waals surface area contributed by atoms with E-state index in [0.29, 0.717) is 13.0 Å². The number of rotatable bonds is 4. The standard InChI is InChI=1S/C22H26N2O2.ClH/c1-23(21(25)15-17-9-3-2-4-10-17)22-18-11-5-6-12-20(18)26-16-19(22)24-13-7-8-14-24;/h2-6,9-12,19,22H,7-8,13-16H2,1H3;1H/t19-,22-;/m1./s1. The Morgan fingerprint density at radius 1 is 1.07 bits per heavy atom. The molecule has 144 valence electrons. The third-order valence-electron chi connectivity index (χ3n) is 5.63. The van der Waals surface area contributed by atoms with Gasteiger partial charge in [0.2, 0.25) is 5.91 Å². The summed E-state index contributed by atoms with van der Waals surface area (Å²) in [4.78, 5) is 17.5. The topological polar surface area (TPSA) is 32.8 Å². The number of fused-ring (bicyclic) bond motifs is 1. The first-order valence-corrected chi connectivity index (χ1v) is 9.49. The number of halogens is 1. The molecule has 0 radical (unpaired) electrons. The van der Waals surface area contributed by atoms with E-state index in [1.165, 1.54) is 12.8 Å². The monoisotopic (exact) mass is 386 g/mol.